The number of carboxylic acid groups (broad SMARTS) is 2. The second-order valence-corrected chi connectivity index (χ2v) is 3.88. The largest absolute Gasteiger partial charge is 0.545 e. The van der Waals surface area contributed by atoms with E-state index in [1.54, 1.807) is 18.2 Å². The molecular formula is C12H5BrO4-2. The fourth-order valence-electron chi connectivity index (χ4n) is 1.07. The van der Waals surface area contributed by atoms with Gasteiger partial charge in [0.05, 0.1) is 5.97 Å². The van der Waals surface area contributed by atoms with Crippen LogP contribution in [-0.2, 0) is 9.59 Å². The molecule has 0 unspecified atom stereocenters. The van der Waals surface area contributed by atoms with Crippen molar-refractivity contribution >= 4 is 33.9 Å². The molecule has 0 aromatic heterocycles. The lowest BCUT2D eigenvalue weighted by Crippen LogP contribution is -2.19. The third-order valence-electron chi connectivity index (χ3n) is 1.64. The molecule has 1 rings (SSSR count). The first kappa shape index (κ1) is 13.0. The van der Waals surface area contributed by atoms with Gasteiger partial charge in [-0.15, -0.1) is 0 Å². The van der Waals surface area contributed by atoms with Crippen molar-refractivity contribution in [2.24, 2.45) is 0 Å². The summed E-state index contributed by atoms with van der Waals surface area (Å²) in [5.74, 6) is 1.45. The van der Waals surface area contributed by atoms with E-state index in [2.05, 4.69) is 21.9 Å². The number of benzene rings is 1. The SMILES string of the molecule is O=C([O-])C#Cc1cc(Br)cc(/C=C/C(=O)[O-])c1. The summed E-state index contributed by atoms with van der Waals surface area (Å²) >= 11 is 3.20. The minimum Gasteiger partial charge on any atom is -0.545 e. The second kappa shape index (κ2) is 5.87. The summed E-state index contributed by atoms with van der Waals surface area (Å²) in [4.78, 5) is 20.4. The molecule has 0 spiro atoms. The van der Waals surface area contributed by atoms with Crippen LogP contribution in [0.2, 0.25) is 0 Å². The highest BCUT2D eigenvalue weighted by Crippen LogP contribution is 2.16. The lowest BCUT2D eigenvalue weighted by atomic mass is 10.1. The number of aliphatic carboxylic acids is 2. The number of rotatable bonds is 2. The molecule has 0 aliphatic heterocycles. The van der Waals surface area contributed by atoms with E-state index in [0.29, 0.717) is 15.6 Å². The van der Waals surface area contributed by atoms with Gasteiger partial charge in [-0.1, -0.05) is 27.9 Å². The van der Waals surface area contributed by atoms with Crippen LogP contribution in [0, 0.1) is 11.8 Å². The molecule has 0 fully saturated rings. The summed E-state index contributed by atoms with van der Waals surface area (Å²) in [7, 11) is 0. The predicted molar refractivity (Wildman–Crippen MR) is 60.1 cm³/mol. The van der Waals surface area contributed by atoms with Gasteiger partial charge in [-0.05, 0) is 35.8 Å². The smallest absolute Gasteiger partial charge is 0.116 e. The van der Waals surface area contributed by atoms with Crippen LogP contribution in [0.3, 0.4) is 0 Å². The van der Waals surface area contributed by atoms with Crippen molar-refractivity contribution in [3.8, 4) is 11.8 Å². The molecule has 0 atom stereocenters. The molecule has 17 heavy (non-hydrogen) atoms. The van der Waals surface area contributed by atoms with Crippen LogP contribution in [0.4, 0.5) is 0 Å². The number of hydrogen-bond acceptors (Lipinski definition) is 4. The summed E-state index contributed by atoms with van der Waals surface area (Å²) in [5.41, 5.74) is 0.993. The Morgan fingerprint density at radius 3 is 2.53 bits per heavy atom. The maximum Gasteiger partial charge on any atom is 0.116 e. The van der Waals surface area contributed by atoms with E-state index in [1.165, 1.54) is 6.08 Å². The summed E-state index contributed by atoms with van der Waals surface area (Å²) in [6.07, 6.45) is 2.20. The van der Waals surface area contributed by atoms with Gasteiger partial charge in [-0.3, -0.25) is 0 Å². The van der Waals surface area contributed by atoms with Gasteiger partial charge in [0.2, 0.25) is 0 Å². The fourth-order valence-corrected chi connectivity index (χ4v) is 1.58. The summed E-state index contributed by atoms with van der Waals surface area (Å²) in [5, 5.41) is 20.4. The first-order valence-electron chi connectivity index (χ1n) is 4.40. The highest BCUT2D eigenvalue weighted by Gasteiger charge is 1.94. The molecule has 0 saturated heterocycles. The molecule has 0 N–H and O–H groups in total. The molecule has 0 bridgehead atoms. The van der Waals surface area contributed by atoms with Crippen molar-refractivity contribution < 1.29 is 19.8 Å². The Bertz CT molecular complexity index is 549. The van der Waals surface area contributed by atoms with Crippen molar-refractivity contribution in [2.75, 3.05) is 0 Å². The van der Waals surface area contributed by atoms with Gasteiger partial charge in [0, 0.05) is 10.0 Å². The lowest BCUT2D eigenvalue weighted by Gasteiger charge is -1.99. The number of carboxylic acids is 2. The standard InChI is InChI=1S/C12H7BrO4/c13-10-6-8(1-3-11(14)15)5-9(7-10)2-4-12(16)17/h1,3,5-7H,(H,14,15)(H,16,17)/p-2/b3-1+. The van der Waals surface area contributed by atoms with Gasteiger partial charge < -0.3 is 19.8 Å². The molecule has 0 radical (unpaired) electrons. The zero-order chi connectivity index (χ0) is 12.8. The summed E-state index contributed by atoms with van der Waals surface area (Å²) < 4.78 is 0.653. The number of carbonyl (C=O) groups excluding carboxylic acids is 2. The molecule has 5 heteroatoms. The number of hydrogen-bond donors (Lipinski definition) is 0. The van der Waals surface area contributed by atoms with Crippen molar-refractivity contribution in [1.29, 1.82) is 0 Å². The molecule has 0 aliphatic carbocycles. The Balaban J connectivity index is 3.07. The van der Waals surface area contributed by atoms with Crippen LogP contribution in [0.5, 0.6) is 0 Å². The topological polar surface area (TPSA) is 80.3 Å². The van der Waals surface area contributed by atoms with Gasteiger partial charge in [-0.25, -0.2) is 0 Å². The monoisotopic (exact) mass is 292 g/mol. The van der Waals surface area contributed by atoms with Crippen LogP contribution < -0.4 is 10.2 Å². The van der Waals surface area contributed by atoms with Crippen LogP contribution in [0.15, 0.2) is 28.7 Å². The van der Waals surface area contributed by atoms with E-state index >= 15 is 0 Å². The fraction of sp³-hybridized carbons (Fsp3) is 0. The Morgan fingerprint density at radius 1 is 1.24 bits per heavy atom. The van der Waals surface area contributed by atoms with Crippen molar-refractivity contribution in [3.05, 3.63) is 39.9 Å². The molecule has 0 saturated carbocycles. The highest BCUT2D eigenvalue weighted by molar-refractivity contribution is 9.10. The van der Waals surface area contributed by atoms with Crippen LogP contribution >= 0.6 is 15.9 Å². The molecule has 0 aliphatic rings. The van der Waals surface area contributed by atoms with Crippen molar-refractivity contribution in [3.63, 3.8) is 0 Å². The second-order valence-electron chi connectivity index (χ2n) is 2.96. The van der Waals surface area contributed by atoms with Crippen molar-refractivity contribution in [1.82, 2.24) is 0 Å². The van der Waals surface area contributed by atoms with Gasteiger partial charge in [0.15, 0.2) is 0 Å². The summed E-state index contributed by atoms with van der Waals surface area (Å²) in [6.45, 7) is 0. The van der Waals surface area contributed by atoms with E-state index in [0.717, 1.165) is 6.08 Å². The first-order chi connectivity index (χ1) is 7.97. The van der Waals surface area contributed by atoms with Gasteiger partial charge in [0.25, 0.3) is 0 Å². The minimum atomic E-state index is -1.48. The third kappa shape index (κ3) is 5.00. The average Bonchev–Trinajstić information content (AvgIpc) is 2.23. The Hall–Kier alpha value is -2.06. The Morgan fingerprint density at radius 2 is 1.94 bits per heavy atom. The number of carbonyl (C=O) groups is 2. The molecule has 86 valence electrons. The molecule has 4 nitrogen and oxygen atoms in total. The maximum absolute atomic E-state index is 10.2. The minimum absolute atomic E-state index is 0.432. The van der Waals surface area contributed by atoms with Gasteiger partial charge in [0.1, 0.15) is 5.97 Å². The van der Waals surface area contributed by atoms with E-state index in [9.17, 15) is 19.8 Å². The maximum atomic E-state index is 10.2. The average molecular weight is 293 g/mol. The molecule has 1 aromatic rings. The molecule has 0 heterocycles. The summed E-state index contributed by atoms with van der Waals surface area (Å²) in [6, 6.07) is 4.80. The molecular weight excluding hydrogens is 288 g/mol. The van der Waals surface area contributed by atoms with Crippen LogP contribution in [-0.4, -0.2) is 11.9 Å². The predicted octanol–water partition coefficient (Wildman–Crippen LogP) is -0.686. The Kier molecular flexibility index (Phi) is 4.49. The Labute approximate surface area is 106 Å². The zero-order valence-electron chi connectivity index (χ0n) is 8.40. The third-order valence-corrected chi connectivity index (χ3v) is 2.10. The van der Waals surface area contributed by atoms with Crippen LogP contribution in [0.1, 0.15) is 11.1 Å². The lowest BCUT2D eigenvalue weighted by molar-refractivity contribution is -0.298. The van der Waals surface area contributed by atoms with Gasteiger partial charge in [-0.2, -0.15) is 0 Å². The van der Waals surface area contributed by atoms with Crippen LogP contribution in [0.25, 0.3) is 6.08 Å². The van der Waals surface area contributed by atoms with E-state index in [-0.39, 0.29) is 0 Å². The molecule has 0 amide bonds. The van der Waals surface area contributed by atoms with E-state index in [4.69, 9.17) is 0 Å². The van der Waals surface area contributed by atoms with E-state index in [1.807, 2.05) is 5.92 Å². The quantitative estimate of drug-likeness (QED) is 0.534. The highest BCUT2D eigenvalue weighted by atomic mass is 79.9. The first-order valence-corrected chi connectivity index (χ1v) is 5.19. The van der Waals surface area contributed by atoms with Crippen molar-refractivity contribution in [2.45, 2.75) is 0 Å². The van der Waals surface area contributed by atoms with E-state index < -0.39 is 11.9 Å². The molecule has 1 aromatic carbocycles. The number of halogens is 1. The normalized spacial score (nSPS) is 9.71. The van der Waals surface area contributed by atoms with Gasteiger partial charge >= 0.3 is 0 Å². The zero-order valence-corrected chi connectivity index (χ0v) is 9.98.